The first-order valence-electron chi connectivity index (χ1n) is 11.2. The third-order valence-corrected chi connectivity index (χ3v) is 6.13. The molecule has 1 aliphatic carbocycles. The van der Waals surface area contributed by atoms with Crippen molar-refractivity contribution in [2.75, 3.05) is 11.9 Å². The first kappa shape index (κ1) is 23.8. The molecule has 6 nitrogen and oxygen atoms in total. The molecule has 1 aliphatic rings. The van der Waals surface area contributed by atoms with Gasteiger partial charge in [-0.3, -0.25) is 10.1 Å². The Morgan fingerprint density at radius 1 is 0.912 bits per heavy atom. The van der Waals surface area contributed by atoms with Gasteiger partial charge in [0.15, 0.2) is 0 Å². The molecule has 7 heteroatoms. The number of nitrogens with two attached hydrogens (primary N) is 1. The summed E-state index contributed by atoms with van der Waals surface area (Å²) in [6.45, 7) is 2.69. The molecule has 0 heterocycles. The van der Waals surface area contributed by atoms with Crippen molar-refractivity contribution in [2.24, 2.45) is 11.7 Å². The molecule has 1 fully saturated rings. The van der Waals surface area contributed by atoms with Crippen molar-refractivity contribution in [3.05, 3.63) is 100 Å². The zero-order chi connectivity index (χ0) is 24.1. The number of nitrogens with one attached hydrogen (secondary N) is 1. The standard InChI is InChI=1S/C27H27ClN2O4/c1-2-33-26(31)25-23(19-10-6-9-18(11-19)15-29)24(25)20-12-21(28)14-22(13-20)30-27(32)34-16-17-7-4-3-5-8-17/h3-14,23-25H,2,15-16,29H2,1H3,(H,30,32)/t23-,24-,25+/m1/s1. The Labute approximate surface area is 204 Å². The van der Waals surface area contributed by atoms with Gasteiger partial charge < -0.3 is 15.2 Å². The lowest BCUT2D eigenvalue weighted by Gasteiger charge is -2.10. The van der Waals surface area contributed by atoms with Crippen LogP contribution in [0.15, 0.2) is 72.8 Å². The minimum Gasteiger partial charge on any atom is -0.466 e. The molecular weight excluding hydrogens is 452 g/mol. The van der Waals surface area contributed by atoms with Gasteiger partial charge >= 0.3 is 12.1 Å². The van der Waals surface area contributed by atoms with E-state index in [-0.39, 0.29) is 30.3 Å². The fourth-order valence-corrected chi connectivity index (χ4v) is 4.60. The molecule has 34 heavy (non-hydrogen) atoms. The quantitative estimate of drug-likeness (QED) is 0.411. The number of hydrogen-bond acceptors (Lipinski definition) is 5. The first-order valence-corrected chi connectivity index (χ1v) is 11.6. The molecule has 1 amide bonds. The number of esters is 1. The summed E-state index contributed by atoms with van der Waals surface area (Å²) in [5, 5.41) is 3.20. The van der Waals surface area contributed by atoms with E-state index in [1.807, 2.05) is 66.7 Å². The molecule has 3 N–H and O–H groups in total. The zero-order valence-corrected chi connectivity index (χ0v) is 19.6. The lowest BCUT2D eigenvalue weighted by Crippen LogP contribution is -2.13. The van der Waals surface area contributed by atoms with Crippen LogP contribution in [-0.2, 0) is 27.4 Å². The zero-order valence-electron chi connectivity index (χ0n) is 18.9. The highest BCUT2D eigenvalue weighted by Crippen LogP contribution is 2.61. The van der Waals surface area contributed by atoms with E-state index in [2.05, 4.69) is 5.32 Å². The minimum absolute atomic E-state index is 0.0538. The molecule has 0 saturated heterocycles. The molecule has 0 bridgehead atoms. The van der Waals surface area contributed by atoms with E-state index in [1.165, 1.54) is 0 Å². The summed E-state index contributed by atoms with van der Waals surface area (Å²) < 4.78 is 10.7. The SMILES string of the molecule is CCOC(=O)[C@H]1[C@H](c2cccc(CN)c2)[C@H]1c1cc(Cl)cc(NC(=O)OCc2ccccc2)c1. The van der Waals surface area contributed by atoms with Gasteiger partial charge in [-0.05, 0) is 47.4 Å². The van der Waals surface area contributed by atoms with Gasteiger partial charge in [-0.15, -0.1) is 0 Å². The lowest BCUT2D eigenvalue weighted by atomic mass is 10.0. The maximum absolute atomic E-state index is 12.7. The van der Waals surface area contributed by atoms with Crippen LogP contribution in [0.5, 0.6) is 0 Å². The van der Waals surface area contributed by atoms with Crippen molar-refractivity contribution in [1.82, 2.24) is 0 Å². The van der Waals surface area contributed by atoms with Crippen LogP contribution in [0.2, 0.25) is 5.02 Å². The number of benzene rings is 3. The summed E-state index contributed by atoms with van der Waals surface area (Å²) in [5.41, 5.74) is 10.1. The van der Waals surface area contributed by atoms with Crippen LogP contribution in [0.25, 0.3) is 0 Å². The molecule has 0 unspecified atom stereocenters. The maximum Gasteiger partial charge on any atom is 0.411 e. The summed E-state index contributed by atoms with van der Waals surface area (Å²) in [6, 6.07) is 22.7. The predicted molar refractivity (Wildman–Crippen MR) is 132 cm³/mol. The highest BCUT2D eigenvalue weighted by atomic mass is 35.5. The van der Waals surface area contributed by atoms with Gasteiger partial charge in [0.2, 0.25) is 0 Å². The van der Waals surface area contributed by atoms with Crippen LogP contribution in [-0.4, -0.2) is 18.7 Å². The number of carbonyl (C=O) groups excluding carboxylic acids is 2. The van der Waals surface area contributed by atoms with Gasteiger partial charge in [-0.1, -0.05) is 66.2 Å². The number of ether oxygens (including phenoxy) is 2. The number of carbonyl (C=O) groups is 2. The van der Waals surface area contributed by atoms with Crippen LogP contribution in [0, 0.1) is 5.92 Å². The fraction of sp³-hybridized carbons (Fsp3) is 0.259. The second-order valence-corrected chi connectivity index (χ2v) is 8.67. The largest absolute Gasteiger partial charge is 0.466 e. The van der Waals surface area contributed by atoms with Crippen molar-refractivity contribution in [2.45, 2.75) is 31.9 Å². The highest BCUT2D eigenvalue weighted by Gasteiger charge is 2.57. The molecule has 3 aromatic rings. The summed E-state index contributed by atoms with van der Waals surface area (Å²) in [6.07, 6.45) is -0.581. The summed E-state index contributed by atoms with van der Waals surface area (Å²) in [5.74, 6) is -0.745. The molecule has 3 aromatic carbocycles. The normalized spacial score (nSPS) is 18.7. The molecule has 176 valence electrons. The average Bonchev–Trinajstić information content (AvgIpc) is 3.59. The Morgan fingerprint density at radius 2 is 1.65 bits per heavy atom. The van der Waals surface area contributed by atoms with Crippen LogP contribution in [0.4, 0.5) is 10.5 Å². The van der Waals surface area contributed by atoms with Crippen LogP contribution in [0.1, 0.15) is 41.0 Å². The van der Waals surface area contributed by atoms with E-state index < -0.39 is 6.09 Å². The van der Waals surface area contributed by atoms with Gasteiger partial charge in [0, 0.05) is 29.1 Å². The minimum atomic E-state index is -0.581. The summed E-state index contributed by atoms with van der Waals surface area (Å²) >= 11 is 6.38. The molecule has 3 atom stereocenters. The monoisotopic (exact) mass is 478 g/mol. The number of amides is 1. The molecule has 0 aliphatic heterocycles. The Hall–Kier alpha value is -3.35. The van der Waals surface area contributed by atoms with E-state index in [0.29, 0.717) is 23.9 Å². The highest BCUT2D eigenvalue weighted by molar-refractivity contribution is 6.31. The van der Waals surface area contributed by atoms with Gasteiger partial charge in [0.25, 0.3) is 0 Å². The molecule has 1 saturated carbocycles. The van der Waals surface area contributed by atoms with E-state index in [1.54, 1.807) is 13.0 Å². The fourth-order valence-electron chi connectivity index (χ4n) is 4.35. The second kappa shape index (κ2) is 10.7. The van der Waals surface area contributed by atoms with Crippen molar-refractivity contribution in [3.8, 4) is 0 Å². The smallest absolute Gasteiger partial charge is 0.411 e. The Balaban J connectivity index is 1.53. The lowest BCUT2D eigenvalue weighted by molar-refractivity contribution is -0.144. The molecule has 0 radical (unpaired) electrons. The van der Waals surface area contributed by atoms with Crippen molar-refractivity contribution in [3.63, 3.8) is 0 Å². The van der Waals surface area contributed by atoms with Crippen molar-refractivity contribution < 1.29 is 19.1 Å². The Morgan fingerprint density at radius 3 is 2.38 bits per heavy atom. The molecule has 0 aromatic heterocycles. The van der Waals surface area contributed by atoms with Crippen LogP contribution in [0.3, 0.4) is 0 Å². The van der Waals surface area contributed by atoms with Crippen molar-refractivity contribution in [1.29, 1.82) is 0 Å². The third kappa shape index (κ3) is 5.58. The molecular formula is C27H27ClN2O4. The van der Waals surface area contributed by atoms with Crippen molar-refractivity contribution >= 4 is 29.4 Å². The number of halogens is 1. The van der Waals surface area contributed by atoms with Crippen LogP contribution < -0.4 is 11.1 Å². The van der Waals surface area contributed by atoms with Gasteiger partial charge in [-0.25, -0.2) is 4.79 Å². The third-order valence-electron chi connectivity index (χ3n) is 5.91. The van der Waals surface area contributed by atoms with E-state index in [9.17, 15) is 9.59 Å². The summed E-state index contributed by atoms with van der Waals surface area (Å²) in [7, 11) is 0. The number of hydrogen-bond donors (Lipinski definition) is 2. The number of anilines is 1. The number of rotatable bonds is 8. The molecule has 4 rings (SSSR count). The van der Waals surface area contributed by atoms with Crippen LogP contribution >= 0.6 is 11.6 Å². The Bertz CT molecular complexity index is 1170. The maximum atomic E-state index is 12.7. The van der Waals surface area contributed by atoms with Gasteiger partial charge in [0.1, 0.15) is 6.61 Å². The second-order valence-electron chi connectivity index (χ2n) is 8.24. The van der Waals surface area contributed by atoms with Gasteiger partial charge in [0.05, 0.1) is 12.5 Å². The summed E-state index contributed by atoms with van der Waals surface area (Å²) in [4.78, 5) is 25.1. The molecule has 0 spiro atoms. The van der Waals surface area contributed by atoms with Gasteiger partial charge in [-0.2, -0.15) is 0 Å². The average molecular weight is 479 g/mol. The first-order chi connectivity index (χ1) is 16.5. The van der Waals surface area contributed by atoms with E-state index in [0.717, 1.165) is 22.3 Å². The topological polar surface area (TPSA) is 90.6 Å². The predicted octanol–water partition coefficient (Wildman–Crippen LogP) is 5.61. The Kier molecular flexibility index (Phi) is 7.50. The van der Waals surface area contributed by atoms with E-state index in [4.69, 9.17) is 26.8 Å². The van der Waals surface area contributed by atoms with E-state index >= 15 is 0 Å².